The number of halogens is 2. The Balaban J connectivity index is 2.23. The van der Waals surface area contributed by atoms with Crippen LogP contribution in [0.4, 0.5) is 8.78 Å². The Morgan fingerprint density at radius 3 is 2.64 bits per heavy atom. The number of rotatable bonds is 2. The number of aliphatic hydroxyl groups excluding tert-OH is 1. The first-order chi connectivity index (χ1) is 5.18. The fourth-order valence-corrected chi connectivity index (χ4v) is 1.39. The molecule has 1 saturated carbocycles. The number of hydrogen-bond acceptors (Lipinski definition) is 2. The van der Waals surface area contributed by atoms with Crippen LogP contribution in [0.1, 0.15) is 25.7 Å². The summed E-state index contributed by atoms with van der Waals surface area (Å²) in [4.78, 5) is 0. The van der Waals surface area contributed by atoms with Gasteiger partial charge in [-0.05, 0) is 25.7 Å². The van der Waals surface area contributed by atoms with Crippen molar-refractivity contribution < 1.29 is 18.6 Å². The molecule has 0 amide bonds. The summed E-state index contributed by atoms with van der Waals surface area (Å²) >= 11 is 0. The highest BCUT2D eigenvalue weighted by molar-refractivity contribution is 4.71. The maximum absolute atomic E-state index is 11.6. The van der Waals surface area contributed by atoms with E-state index < -0.39 is 18.8 Å². The van der Waals surface area contributed by atoms with Crippen LogP contribution in [0.2, 0.25) is 0 Å². The van der Waals surface area contributed by atoms with Gasteiger partial charge in [0.05, 0.1) is 12.2 Å². The van der Waals surface area contributed by atoms with Crippen molar-refractivity contribution in [3.63, 3.8) is 0 Å². The van der Waals surface area contributed by atoms with Crippen molar-refractivity contribution in [1.29, 1.82) is 0 Å². The van der Waals surface area contributed by atoms with Crippen molar-refractivity contribution in [3.05, 3.63) is 0 Å². The highest BCUT2D eigenvalue weighted by Crippen LogP contribution is 2.22. The van der Waals surface area contributed by atoms with Gasteiger partial charge in [-0.25, -0.2) is 0 Å². The third-order valence-corrected chi connectivity index (χ3v) is 1.89. The highest BCUT2D eigenvalue weighted by Gasteiger charge is 2.23. The molecule has 0 aromatic carbocycles. The van der Waals surface area contributed by atoms with E-state index in [-0.39, 0.29) is 0 Å². The maximum atomic E-state index is 11.6. The minimum Gasteiger partial charge on any atom is -0.393 e. The molecule has 0 bridgehead atoms. The molecule has 11 heavy (non-hydrogen) atoms. The Morgan fingerprint density at radius 1 is 1.36 bits per heavy atom. The van der Waals surface area contributed by atoms with Crippen LogP contribution >= 0.6 is 0 Å². The Labute approximate surface area is 64.2 Å². The van der Waals surface area contributed by atoms with E-state index in [9.17, 15) is 8.78 Å². The summed E-state index contributed by atoms with van der Waals surface area (Å²) in [5.41, 5.74) is 0. The third kappa shape index (κ3) is 3.12. The van der Waals surface area contributed by atoms with Crippen LogP contribution < -0.4 is 0 Å². The summed E-state index contributed by atoms with van der Waals surface area (Å²) in [6.45, 7) is -2.70. The summed E-state index contributed by atoms with van der Waals surface area (Å²) in [6.07, 6.45) is 1.58. The molecular weight excluding hydrogens is 154 g/mol. The van der Waals surface area contributed by atoms with Crippen molar-refractivity contribution in [1.82, 2.24) is 0 Å². The zero-order chi connectivity index (χ0) is 8.27. The molecule has 0 heterocycles. The summed E-state index contributed by atoms with van der Waals surface area (Å²) < 4.78 is 27.6. The first-order valence-electron chi connectivity index (χ1n) is 3.80. The Morgan fingerprint density at radius 2 is 2.09 bits per heavy atom. The second-order valence-corrected chi connectivity index (χ2v) is 2.84. The lowest BCUT2D eigenvalue weighted by Crippen LogP contribution is -2.27. The van der Waals surface area contributed by atoms with Gasteiger partial charge in [0.1, 0.15) is 0 Å². The maximum Gasteiger partial charge on any atom is 0.345 e. The van der Waals surface area contributed by atoms with Crippen LogP contribution in [0.25, 0.3) is 0 Å². The van der Waals surface area contributed by atoms with Crippen molar-refractivity contribution in [3.8, 4) is 0 Å². The van der Waals surface area contributed by atoms with Gasteiger partial charge < -0.3 is 9.84 Å². The van der Waals surface area contributed by atoms with Gasteiger partial charge in [-0.15, -0.1) is 0 Å². The van der Waals surface area contributed by atoms with E-state index in [2.05, 4.69) is 4.74 Å². The molecule has 0 spiro atoms. The highest BCUT2D eigenvalue weighted by atomic mass is 19.3. The lowest BCUT2D eigenvalue weighted by atomic mass is 9.95. The summed E-state index contributed by atoms with van der Waals surface area (Å²) in [7, 11) is 0. The zero-order valence-electron chi connectivity index (χ0n) is 6.17. The van der Waals surface area contributed by atoms with Gasteiger partial charge >= 0.3 is 6.61 Å². The largest absolute Gasteiger partial charge is 0.393 e. The first-order valence-corrected chi connectivity index (χ1v) is 3.80. The van der Waals surface area contributed by atoms with E-state index in [1.54, 1.807) is 0 Å². The molecule has 0 aliphatic heterocycles. The number of aliphatic hydroxyl groups is 1. The van der Waals surface area contributed by atoms with Gasteiger partial charge in [0.15, 0.2) is 0 Å². The van der Waals surface area contributed by atoms with Crippen molar-refractivity contribution in [2.24, 2.45) is 0 Å². The molecule has 0 aromatic rings. The average Bonchev–Trinajstić information content (AvgIpc) is 1.85. The van der Waals surface area contributed by atoms with Crippen LogP contribution in [-0.2, 0) is 4.74 Å². The van der Waals surface area contributed by atoms with Crippen LogP contribution in [0, 0.1) is 0 Å². The summed E-state index contributed by atoms with van der Waals surface area (Å²) in [6, 6.07) is 0. The Kier molecular flexibility index (Phi) is 3.20. The molecule has 1 fully saturated rings. The fraction of sp³-hybridized carbons (Fsp3) is 1.00. The molecule has 0 aromatic heterocycles. The monoisotopic (exact) mass is 166 g/mol. The van der Waals surface area contributed by atoms with Crippen LogP contribution in [-0.4, -0.2) is 23.9 Å². The molecule has 0 radical (unpaired) electrons. The number of hydrogen-bond donors (Lipinski definition) is 1. The molecule has 4 heteroatoms. The second kappa shape index (κ2) is 3.97. The van der Waals surface area contributed by atoms with E-state index >= 15 is 0 Å². The van der Waals surface area contributed by atoms with Gasteiger partial charge in [0.25, 0.3) is 0 Å². The molecule has 0 unspecified atom stereocenters. The van der Waals surface area contributed by atoms with Crippen molar-refractivity contribution in [2.45, 2.75) is 44.5 Å². The number of alkyl halides is 2. The molecule has 2 nitrogen and oxygen atoms in total. The minimum atomic E-state index is -2.70. The van der Waals surface area contributed by atoms with E-state index in [0.29, 0.717) is 19.3 Å². The fourth-order valence-electron chi connectivity index (χ4n) is 1.39. The molecule has 1 rings (SSSR count). The van der Waals surface area contributed by atoms with Crippen LogP contribution in [0.15, 0.2) is 0 Å². The molecule has 0 saturated heterocycles. The van der Waals surface area contributed by atoms with Crippen molar-refractivity contribution in [2.75, 3.05) is 0 Å². The lowest BCUT2D eigenvalue weighted by Gasteiger charge is -2.25. The van der Waals surface area contributed by atoms with E-state index in [1.807, 2.05) is 0 Å². The predicted molar refractivity (Wildman–Crippen MR) is 35.4 cm³/mol. The van der Waals surface area contributed by atoms with E-state index in [1.165, 1.54) is 0 Å². The topological polar surface area (TPSA) is 29.5 Å². The molecule has 1 aliphatic carbocycles. The number of ether oxygens (including phenoxy) is 1. The quantitative estimate of drug-likeness (QED) is 0.674. The molecular formula is C7H12F2O2. The predicted octanol–water partition coefficient (Wildman–Crippen LogP) is 1.53. The Hall–Kier alpha value is -0.220. The summed E-state index contributed by atoms with van der Waals surface area (Å²) in [5.74, 6) is 0. The standard InChI is InChI=1S/C7H12F2O2/c8-7(9)11-6-3-1-2-5(10)4-6/h5-7,10H,1-4H2/t5-,6+/m0/s1. The van der Waals surface area contributed by atoms with Gasteiger partial charge in [-0.1, -0.05) is 0 Å². The average molecular weight is 166 g/mol. The summed E-state index contributed by atoms with van der Waals surface area (Å²) in [5, 5.41) is 9.07. The molecule has 2 atom stereocenters. The second-order valence-electron chi connectivity index (χ2n) is 2.84. The van der Waals surface area contributed by atoms with Crippen LogP contribution in [0.5, 0.6) is 0 Å². The van der Waals surface area contributed by atoms with Gasteiger partial charge in [-0.2, -0.15) is 8.78 Å². The van der Waals surface area contributed by atoms with Gasteiger partial charge in [0, 0.05) is 0 Å². The van der Waals surface area contributed by atoms with E-state index in [0.717, 1.165) is 6.42 Å². The van der Waals surface area contributed by atoms with Crippen molar-refractivity contribution >= 4 is 0 Å². The van der Waals surface area contributed by atoms with Gasteiger partial charge in [0.2, 0.25) is 0 Å². The first kappa shape index (κ1) is 8.87. The SMILES string of the molecule is O[C@H]1CCC[C@@H](OC(F)F)C1. The van der Waals surface area contributed by atoms with Crippen LogP contribution in [0.3, 0.4) is 0 Å². The lowest BCUT2D eigenvalue weighted by molar-refractivity contribution is -0.176. The van der Waals surface area contributed by atoms with Gasteiger partial charge in [-0.3, -0.25) is 0 Å². The molecule has 1 aliphatic rings. The third-order valence-electron chi connectivity index (χ3n) is 1.89. The smallest absolute Gasteiger partial charge is 0.345 e. The zero-order valence-corrected chi connectivity index (χ0v) is 6.17. The minimum absolute atomic E-state index is 0.352. The van der Waals surface area contributed by atoms with E-state index in [4.69, 9.17) is 5.11 Å². The normalized spacial score (nSPS) is 32.7. The Bertz CT molecular complexity index is 117. The molecule has 66 valence electrons. The molecule has 1 N–H and O–H groups in total.